The zero-order chi connectivity index (χ0) is 16.6. The predicted octanol–water partition coefficient (Wildman–Crippen LogP) is 2.77. The summed E-state index contributed by atoms with van der Waals surface area (Å²) in [5, 5.41) is 2.92. The quantitative estimate of drug-likeness (QED) is 0.915. The van der Waals surface area contributed by atoms with E-state index in [0.717, 1.165) is 17.4 Å². The Kier molecular flexibility index (Phi) is 4.25. The molecule has 8 heteroatoms. The van der Waals surface area contributed by atoms with Crippen molar-refractivity contribution in [2.45, 2.75) is 19.8 Å². The van der Waals surface area contributed by atoms with Crippen molar-refractivity contribution in [1.82, 2.24) is 9.88 Å². The first-order valence-corrected chi connectivity index (χ1v) is 8.07. The van der Waals surface area contributed by atoms with Crippen molar-refractivity contribution in [1.29, 1.82) is 0 Å². The standard InChI is InChI=1S/C15H15F2N3O2S/c1-8(21)20-4-2-9(3-5-20)14(22)19-15-18-13-11(17)6-10(16)7-12(13)23-15/h6-7,9H,2-5H2,1H3,(H,18,19,22). The average Bonchev–Trinajstić information content (AvgIpc) is 2.90. The van der Waals surface area contributed by atoms with Crippen LogP contribution in [0.3, 0.4) is 0 Å². The molecule has 2 amide bonds. The lowest BCUT2D eigenvalue weighted by Crippen LogP contribution is -2.40. The average molecular weight is 339 g/mol. The molecule has 23 heavy (non-hydrogen) atoms. The number of carbonyl (C=O) groups excluding carboxylic acids is 2. The highest BCUT2D eigenvalue weighted by atomic mass is 32.1. The molecule has 2 aromatic rings. The van der Waals surface area contributed by atoms with Crippen molar-refractivity contribution in [3.05, 3.63) is 23.8 Å². The molecule has 0 radical (unpaired) electrons. The molecule has 0 spiro atoms. The zero-order valence-electron chi connectivity index (χ0n) is 12.4. The summed E-state index contributed by atoms with van der Waals surface area (Å²) in [7, 11) is 0. The molecular weight excluding hydrogens is 324 g/mol. The fourth-order valence-corrected chi connectivity index (χ4v) is 3.58. The van der Waals surface area contributed by atoms with E-state index in [1.807, 2.05) is 0 Å². The largest absolute Gasteiger partial charge is 0.343 e. The van der Waals surface area contributed by atoms with Gasteiger partial charge in [-0.05, 0) is 18.9 Å². The maximum Gasteiger partial charge on any atom is 0.229 e. The summed E-state index contributed by atoms with van der Waals surface area (Å²) >= 11 is 1.04. The molecule has 0 atom stereocenters. The van der Waals surface area contributed by atoms with Gasteiger partial charge in [0.25, 0.3) is 0 Å². The lowest BCUT2D eigenvalue weighted by molar-refractivity contribution is -0.132. The molecule has 1 aliphatic rings. The highest BCUT2D eigenvalue weighted by Crippen LogP contribution is 2.29. The van der Waals surface area contributed by atoms with Gasteiger partial charge in [0.2, 0.25) is 11.8 Å². The summed E-state index contributed by atoms with van der Waals surface area (Å²) in [5.41, 5.74) is 0.0538. The van der Waals surface area contributed by atoms with Crippen LogP contribution >= 0.6 is 11.3 Å². The third-order valence-corrected chi connectivity index (χ3v) is 4.87. The number of fused-ring (bicyclic) bond motifs is 1. The van der Waals surface area contributed by atoms with Gasteiger partial charge >= 0.3 is 0 Å². The molecule has 3 rings (SSSR count). The van der Waals surface area contributed by atoms with E-state index in [0.29, 0.717) is 30.6 Å². The highest BCUT2D eigenvalue weighted by Gasteiger charge is 2.26. The Morgan fingerprint density at radius 2 is 2.00 bits per heavy atom. The van der Waals surface area contributed by atoms with Gasteiger partial charge in [-0.2, -0.15) is 0 Å². The fourth-order valence-electron chi connectivity index (χ4n) is 2.67. The highest BCUT2D eigenvalue weighted by molar-refractivity contribution is 7.22. The first-order valence-electron chi connectivity index (χ1n) is 7.26. The molecule has 0 aliphatic carbocycles. The van der Waals surface area contributed by atoms with Gasteiger partial charge < -0.3 is 10.2 Å². The number of aromatic nitrogens is 1. The van der Waals surface area contributed by atoms with Gasteiger partial charge in [-0.15, -0.1) is 0 Å². The first-order chi connectivity index (χ1) is 10.9. The molecular formula is C15H15F2N3O2S. The maximum atomic E-state index is 13.6. The minimum atomic E-state index is -0.744. The minimum Gasteiger partial charge on any atom is -0.343 e. The number of amides is 2. The van der Waals surface area contributed by atoms with Crippen LogP contribution < -0.4 is 5.32 Å². The second-order valence-corrected chi connectivity index (χ2v) is 6.55. The minimum absolute atomic E-state index is 0.00698. The van der Waals surface area contributed by atoms with E-state index in [1.165, 1.54) is 13.0 Å². The van der Waals surface area contributed by atoms with E-state index in [-0.39, 0.29) is 28.4 Å². The van der Waals surface area contributed by atoms with Crippen LogP contribution in [0, 0.1) is 17.6 Å². The number of hydrogen-bond acceptors (Lipinski definition) is 4. The van der Waals surface area contributed by atoms with Crippen molar-refractivity contribution in [3.8, 4) is 0 Å². The summed E-state index contributed by atoms with van der Waals surface area (Å²) in [6.45, 7) is 2.61. The van der Waals surface area contributed by atoms with Crippen LogP contribution in [0.5, 0.6) is 0 Å². The molecule has 5 nitrogen and oxygen atoms in total. The SMILES string of the molecule is CC(=O)N1CCC(C(=O)Nc2nc3c(F)cc(F)cc3s2)CC1. The Hall–Kier alpha value is -2.09. The first kappa shape index (κ1) is 15.8. The molecule has 1 fully saturated rings. The summed E-state index contributed by atoms with van der Waals surface area (Å²) in [6, 6.07) is 1.96. The van der Waals surface area contributed by atoms with Crippen LogP contribution in [-0.4, -0.2) is 34.8 Å². The third kappa shape index (κ3) is 3.31. The monoisotopic (exact) mass is 339 g/mol. The van der Waals surface area contributed by atoms with E-state index in [4.69, 9.17) is 0 Å². The molecule has 0 saturated carbocycles. The number of rotatable bonds is 2. The van der Waals surface area contributed by atoms with Crippen molar-refractivity contribution in [2.75, 3.05) is 18.4 Å². The van der Waals surface area contributed by atoms with Gasteiger partial charge in [-0.1, -0.05) is 11.3 Å². The van der Waals surface area contributed by atoms with Gasteiger partial charge in [-0.25, -0.2) is 13.8 Å². The molecule has 1 aromatic carbocycles. The number of nitrogens with one attached hydrogen (secondary N) is 1. The maximum absolute atomic E-state index is 13.6. The molecule has 0 unspecified atom stereocenters. The lowest BCUT2D eigenvalue weighted by atomic mass is 9.96. The molecule has 1 aliphatic heterocycles. The summed E-state index contributed by atoms with van der Waals surface area (Å²) in [5.74, 6) is -1.82. The number of hydrogen-bond donors (Lipinski definition) is 1. The number of nitrogens with zero attached hydrogens (tertiary/aromatic N) is 2. The molecule has 1 saturated heterocycles. The number of benzene rings is 1. The van der Waals surface area contributed by atoms with Crippen molar-refractivity contribution < 1.29 is 18.4 Å². The van der Waals surface area contributed by atoms with Crippen LogP contribution in [0.2, 0.25) is 0 Å². The number of anilines is 1. The zero-order valence-corrected chi connectivity index (χ0v) is 13.3. The topological polar surface area (TPSA) is 62.3 Å². The molecule has 122 valence electrons. The number of likely N-dealkylation sites (tertiary alicyclic amines) is 1. The Labute approximate surface area is 135 Å². The van der Waals surface area contributed by atoms with Crippen LogP contribution in [0.4, 0.5) is 13.9 Å². The van der Waals surface area contributed by atoms with Gasteiger partial charge in [0.15, 0.2) is 10.9 Å². The normalized spacial score (nSPS) is 15.9. The third-order valence-electron chi connectivity index (χ3n) is 3.95. The smallest absolute Gasteiger partial charge is 0.229 e. The van der Waals surface area contributed by atoms with E-state index in [1.54, 1.807) is 4.90 Å². The van der Waals surface area contributed by atoms with Crippen LogP contribution in [0.25, 0.3) is 10.2 Å². The van der Waals surface area contributed by atoms with Crippen molar-refractivity contribution in [3.63, 3.8) is 0 Å². The van der Waals surface area contributed by atoms with Crippen LogP contribution in [0.1, 0.15) is 19.8 Å². The van der Waals surface area contributed by atoms with Gasteiger partial charge in [-0.3, -0.25) is 9.59 Å². The number of halogens is 2. The van der Waals surface area contributed by atoms with Gasteiger partial charge in [0, 0.05) is 32.0 Å². The Morgan fingerprint density at radius 1 is 1.30 bits per heavy atom. The molecule has 0 bridgehead atoms. The fraction of sp³-hybridized carbons (Fsp3) is 0.400. The Morgan fingerprint density at radius 3 is 2.65 bits per heavy atom. The molecule has 1 aromatic heterocycles. The summed E-state index contributed by atoms with van der Waals surface area (Å²) in [4.78, 5) is 29.3. The van der Waals surface area contributed by atoms with Crippen molar-refractivity contribution in [2.24, 2.45) is 5.92 Å². The Bertz CT molecular complexity index is 769. The lowest BCUT2D eigenvalue weighted by Gasteiger charge is -2.30. The van der Waals surface area contributed by atoms with Gasteiger partial charge in [0.05, 0.1) is 4.70 Å². The predicted molar refractivity (Wildman–Crippen MR) is 83.1 cm³/mol. The van der Waals surface area contributed by atoms with Crippen LogP contribution in [0.15, 0.2) is 12.1 Å². The summed E-state index contributed by atoms with van der Waals surface area (Å²) < 4.78 is 27.2. The van der Waals surface area contributed by atoms with Crippen LogP contribution in [-0.2, 0) is 9.59 Å². The van der Waals surface area contributed by atoms with E-state index >= 15 is 0 Å². The van der Waals surface area contributed by atoms with Crippen molar-refractivity contribution >= 4 is 38.5 Å². The number of thiazole rings is 1. The van der Waals surface area contributed by atoms with E-state index < -0.39 is 11.6 Å². The summed E-state index contributed by atoms with van der Waals surface area (Å²) in [6.07, 6.45) is 1.17. The number of piperidine rings is 1. The van der Waals surface area contributed by atoms with E-state index in [2.05, 4.69) is 10.3 Å². The molecule has 1 N–H and O–H groups in total. The van der Waals surface area contributed by atoms with Gasteiger partial charge in [0.1, 0.15) is 11.3 Å². The second-order valence-electron chi connectivity index (χ2n) is 5.52. The molecule has 2 heterocycles. The van der Waals surface area contributed by atoms with E-state index in [9.17, 15) is 18.4 Å². The Balaban J connectivity index is 1.69. The number of carbonyl (C=O) groups is 2. The second kappa shape index (κ2) is 6.19.